The van der Waals surface area contributed by atoms with E-state index in [1.165, 1.54) is 12.1 Å². The third kappa shape index (κ3) is 6.16. The van der Waals surface area contributed by atoms with Crippen molar-refractivity contribution in [2.45, 2.75) is 44.9 Å². The fraction of sp³-hybridized carbons (Fsp3) is 0.533. The molecule has 21 heavy (non-hydrogen) atoms. The minimum atomic E-state index is -4.34. The zero-order chi connectivity index (χ0) is 15.9. The Balaban J connectivity index is 2.47. The second-order valence-corrected chi connectivity index (χ2v) is 4.80. The van der Waals surface area contributed by atoms with Gasteiger partial charge in [-0.15, -0.1) is 0 Å². The van der Waals surface area contributed by atoms with Gasteiger partial charge in [-0.1, -0.05) is 19.1 Å². The predicted octanol–water partition coefficient (Wildman–Crippen LogP) is 4.07. The van der Waals surface area contributed by atoms with Gasteiger partial charge in [0.1, 0.15) is 0 Å². The van der Waals surface area contributed by atoms with Crippen LogP contribution in [0, 0.1) is 0 Å². The van der Waals surface area contributed by atoms with Crippen LogP contribution >= 0.6 is 0 Å². The first-order chi connectivity index (χ1) is 9.84. The van der Waals surface area contributed by atoms with Gasteiger partial charge in [0.2, 0.25) is 0 Å². The zero-order valence-electron chi connectivity index (χ0n) is 11.8. The standard InChI is InChI=1S/C15H19F3O3/c1-2-10-21-13(15(16,17)18)5-3-4-11-6-8-12(9-7-11)14(19)20/h6-9,13H,2-5,10H2,1H3,(H,19,20). The molecule has 0 bridgehead atoms. The Morgan fingerprint density at radius 3 is 2.38 bits per heavy atom. The molecule has 0 heterocycles. The van der Waals surface area contributed by atoms with Crippen molar-refractivity contribution in [1.82, 2.24) is 0 Å². The summed E-state index contributed by atoms with van der Waals surface area (Å²) in [6.07, 6.45) is -4.83. The Labute approximate surface area is 121 Å². The van der Waals surface area contributed by atoms with Gasteiger partial charge in [-0.25, -0.2) is 4.79 Å². The lowest BCUT2D eigenvalue weighted by molar-refractivity contribution is -0.222. The minimum absolute atomic E-state index is 0.0931. The van der Waals surface area contributed by atoms with Crippen LogP contribution in [0.5, 0.6) is 0 Å². The van der Waals surface area contributed by atoms with Gasteiger partial charge < -0.3 is 9.84 Å². The fourth-order valence-corrected chi connectivity index (χ4v) is 1.91. The molecular formula is C15H19F3O3. The molecule has 0 saturated heterocycles. The van der Waals surface area contributed by atoms with E-state index in [0.29, 0.717) is 19.3 Å². The average Bonchev–Trinajstić information content (AvgIpc) is 2.41. The van der Waals surface area contributed by atoms with Gasteiger partial charge in [0, 0.05) is 6.61 Å². The molecule has 1 atom stereocenters. The average molecular weight is 304 g/mol. The minimum Gasteiger partial charge on any atom is -0.478 e. The number of alkyl halides is 3. The van der Waals surface area contributed by atoms with Crippen molar-refractivity contribution < 1.29 is 27.8 Å². The van der Waals surface area contributed by atoms with Crippen molar-refractivity contribution in [2.75, 3.05) is 6.61 Å². The van der Waals surface area contributed by atoms with Crippen LogP contribution in [0.15, 0.2) is 24.3 Å². The molecule has 0 aromatic heterocycles. The van der Waals surface area contributed by atoms with E-state index in [1.807, 2.05) is 0 Å². The van der Waals surface area contributed by atoms with Gasteiger partial charge in [0.25, 0.3) is 0 Å². The first-order valence-electron chi connectivity index (χ1n) is 6.85. The number of rotatable bonds is 8. The van der Waals surface area contributed by atoms with Crippen LogP contribution in [0.3, 0.4) is 0 Å². The first-order valence-corrected chi connectivity index (χ1v) is 6.85. The highest BCUT2D eigenvalue weighted by atomic mass is 19.4. The fourth-order valence-electron chi connectivity index (χ4n) is 1.91. The number of aryl methyl sites for hydroxylation is 1. The quantitative estimate of drug-likeness (QED) is 0.787. The Kier molecular flexibility index (Phi) is 6.68. The third-order valence-corrected chi connectivity index (χ3v) is 3.02. The van der Waals surface area contributed by atoms with Crippen molar-refractivity contribution in [1.29, 1.82) is 0 Å². The molecule has 1 aromatic carbocycles. The molecule has 0 fully saturated rings. The molecule has 3 nitrogen and oxygen atoms in total. The topological polar surface area (TPSA) is 46.5 Å². The van der Waals surface area contributed by atoms with Crippen molar-refractivity contribution in [3.05, 3.63) is 35.4 Å². The molecule has 6 heteroatoms. The summed E-state index contributed by atoms with van der Waals surface area (Å²) in [5.74, 6) is -1.02. The Bertz CT molecular complexity index is 440. The number of carboxylic acids is 1. The van der Waals surface area contributed by atoms with Crippen molar-refractivity contribution in [2.24, 2.45) is 0 Å². The van der Waals surface area contributed by atoms with E-state index in [2.05, 4.69) is 0 Å². The van der Waals surface area contributed by atoms with Crippen molar-refractivity contribution in [3.63, 3.8) is 0 Å². The summed E-state index contributed by atoms with van der Waals surface area (Å²) in [5.41, 5.74) is 0.981. The molecule has 0 spiro atoms. The van der Waals surface area contributed by atoms with Gasteiger partial charge in [-0.3, -0.25) is 0 Å². The van der Waals surface area contributed by atoms with E-state index in [1.54, 1.807) is 19.1 Å². The van der Waals surface area contributed by atoms with Crippen molar-refractivity contribution in [3.8, 4) is 0 Å². The lowest BCUT2D eigenvalue weighted by atomic mass is 10.0. The second kappa shape index (κ2) is 8.02. The maximum Gasteiger partial charge on any atom is 0.414 e. The van der Waals surface area contributed by atoms with Crippen LogP contribution in [0.4, 0.5) is 13.2 Å². The zero-order valence-corrected chi connectivity index (χ0v) is 11.8. The first kappa shape index (κ1) is 17.5. The maximum atomic E-state index is 12.7. The summed E-state index contributed by atoms with van der Waals surface area (Å²) in [5, 5.41) is 8.75. The monoisotopic (exact) mass is 304 g/mol. The number of hydrogen-bond acceptors (Lipinski definition) is 2. The molecule has 0 amide bonds. The van der Waals surface area contributed by atoms with Crippen LogP contribution in [-0.4, -0.2) is 30.0 Å². The summed E-state index contributed by atoms with van der Waals surface area (Å²) in [4.78, 5) is 10.7. The molecule has 0 radical (unpaired) electrons. The van der Waals surface area contributed by atoms with Crippen molar-refractivity contribution >= 4 is 5.97 Å². The lowest BCUT2D eigenvalue weighted by Crippen LogP contribution is -2.32. The van der Waals surface area contributed by atoms with E-state index in [0.717, 1.165) is 5.56 Å². The van der Waals surface area contributed by atoms with E-state index < -0.39 is 18.2 Å². The largest absolute Gasteiger partial charge is 0.478 e. The summed E-state index contributed by atoms with van der Waals surface area (Å²) in [6, 6.07) is 6.15. The van der Waals surface area contributed by atoms with E-state index >= 15 is 0 Å². The molecular weight excluding hydrogens is 285 g/mol. The number of hydrogen-bond donors (Lipinski definition) is 1. The van der Waals surface area contributed by atoms with Gasteiger partial charge in [0.15, 0.2) is 6.10 Å². The predicted molar refractivity (Wildman–Crippen MR) is 72.4 cm³/mol. The van der Waals surface area contributed by atoms with Crippen LogP contribution in [0.1, 0.15) is 42.1 Å². The van der Waals surface area contributed by atoms with E-state index in [4.69, 9.17) is 9.84 Å². The summed E-state index contributed by atoms with van der Waals surface area (Å²) in [7, 11) is 0. The number of aromatic carboxylic acids is 1. The molecule has 0 saturated carbocycles. The number of benzene rings is 1. The van der Waals surface area contributed by atoms with Crippen LogP contribution in [-0.2, 0) is 11.2 Å². The van der Waals surface area contributed by atoms with Crippen LogP contribution in [0.25, 0.3) is 0 Å². The molecule has 1 N–H and O–H groups in total. The highest BCUT2D eigenvalue weighted by molar-refractivity contribution is 5.87. The highest BCUT2D eigenvalue weighted by Gasteiger charge is 2.39. The smallest absolute Gasteiger partial charge is 0.414 e. The summed E-state index contributed by atoms with van der Waals surface area (Å²) in [6.45, 7) is 1.86. The molecule has 0 aliphatic rings. The molecule has 0 aliphatic heterocycles. The van der Waals surface area contributed by atoms with Crippen LogP contribution < -0.4 is 0 Å². The third-order valence-electron chi connectivity index (χ3n) is 3.02. The van der Waals surface area contributed by atoms with Gasteiger partial charge >= 0.3 is 12.1 Å². The maximum absolute atomic E-state index is 12.7. The van der Waals surface area contributed by atoms with Crippen LogP contribution in [0.2, 0.25) is 0 Å². The van der Waals surface area contributed by atoms with Gasteiger partial charge in [0.05, 0.1) is 5.56 Å². The molecule has 0 aliphatic carbocycles. The molecule has 1 aromatic rings. The SMILES string of the molecule is CCCOC(CCCc1ccc(C(=O)O)cc1)C(F)(F)F. The number of ether oxygens (including phenoxy) is 1. The molecule has 1 rings (SSSR count). The molecule has 118 valence electrons. The number of halogens is 3. The summed E-state index contributed by atoms with van der Waals surface area (Å²) < 4.78 is 43.0. The Morgan fingerprint density at radius 2 is 1.90 bits per heavy atom. The van der Waals surface area contributed by atoms with Gasteiger partial charge in [-0.2, -0.15) is 13.2 Å². The normalized spacial score (nSPS) is 13.1. The van der Waals surface area contributed by atoms with Gasteiger partial charge in [-0.05, 0) is 43.4 Å². The summed E-state index contributed by atoms with van der Waals surface area (Å²) >= 11 is 0. The number of carbonyl (C=O) groups is 1. The highest BCUT2D eigenvalue weighted by Crippen LogP contribution is 2.27. The number of carboxylic acid groups (broad SMARTS) is 1. The Hall–Kier alpha value is -1.56. The lowest BCUT2D eigenvalue weighted by Gasteiger charge is -2.20. The molecule has 1 unspecified atom stereocenters. The van der Waals surface area contributed by atoms with E-state index in [-0.39, 0.29) is 18.6 Å². The second-order valence-electron chi connectivity index (χ2n) is 4.80. The van der Waals surface area contributed by atoms with E-state index in [9.17, 15) is 18.0 Å². The Morgan fingerprint density at radius 1 is 1.29 bits per heavy atom.